The number of ether oxygens (including phenoxy) is 1. The summed E-state index contributed by atoms with van der Waals surface area (Å²) < 4.78 is 30.5. The molecule has 0 aromatic carbocycles. The fourth-order valence-corrected chi connectivity index (χ4v) is 11.7. The van der Waals surface area contributed by atoms with Crippen LogP contribution < -0.4 is 10.2 Å². The highest BCUT2D eigenvalue weighted by Gasteiger charge is 2.27. The van der Waals surface area contributed by atoms with E-state index in [4.69, 9.17) is 13.8 Å². The molecule has 0 aliphatic rings. The summed E-state index contributed by atoms with van der Waals surface area (Å²) in [5.41, 5.74) is 0. The number of quaternary nitrogens is 1. The van der Waals surface area contributed by atoms with Crippen LogP contribution in [0.25, 0.3) is 0 Å². The van der Waals surface area contributed by atoms with Crippen LogP contribution in [-0.4, -0.2) is 69.4 Å². The molecule has 0 aromatic heterocycles. The van der Waals surface area contributed by atoms with Crippen molar-refractivity contribution in [3.63, 3.8) is 0 Å². The molecule has 3 unspecified atom stereocenters. The first-order valence-corrected chi connectivity index (χ1v) is 39.4. The Morgan fingerprint density at radius 2 is 0.685 bits per heavy atom. The largest absolute Gasteiger partial charge is 0.756 e. The maximum Gasteiger partial charge on any atom is 0.306 e. The van der Waals surface area contributed by atoms with Crippen LogP contribution in [0.15, 0.2) is 85.1 Å². The van der Waals surface area contributed by atoms with E-state index < -0.39 is 26.6 Å². The molecule has 0 saturated heterocycles. The molecule has 0 aromatic rings. The second kappa shape index (κ2) is 68.1. The third-order valence-corrected chi connectivity index (χ3v) is 17.8. The van der Waals surface area contributed by atoms with Gasteiger partial charge in [0.2, 0.25) is 5.91 Å². The number of hydrogen-bond donors (Lipinski definition) is 1. The van der Waals surface area contributed by atoms with Gasteiger partial charge in [0.25, 0.3) is 7.82 Å². The van der Waals surface area contributed by atoms with E-state index in [1.54, 1.807) is 0 Å². The molecule has 0 fully saturated rings. The van der Waals surface area contributed by atoms with Gasteiger partial charge >= 0.3 is 5.97 Å². The Morgan fingerprint density at radius 3 is 1.04 bits per heavy atom. The number of carbonyl (C=O) groups is 2. The number of hydrogen-bond acceptors (Lipinski definition) is 7. The monoisotopic (exact) mass is 1270 g/mol. The van der Waals surface area contributed by atoms with Crippen molar-refractivity contribution in [2.75, 3.05) is 40.9 Å². The molecule has 0 saturated carbocycles. The number of phosphoric ester groups is 1. The van der Waals surface area contributed by atoms with Gasteiger partial charge < -0.3 is 28.5 Å². The Hall–Kier alpha value is -2.81. The lowest BCUT2D eigenvalue weighted by Gasteiger charge is -2.30. The van der Waals surface area contributed by atoms with Crippen LogP contribution >= 0.6 is 7.82 Å². The van der Waals surface area contributed by atoms with Crippen molar-refractivity contribution in [2.24, 2.45) is 0 Å². The lowest BCUT2D eigenvalue weighted by atomic mass is 10.0. The Bertz CT molecular complexity index is 1800. The molecule has 518 valence electrons. The van der Waals surface area contributed by atoms with E-state index in [1.165, 1.54) is 225 Å². The van der Waals surface area contributed by atoms with Crippen molar-refractivity contribution in [3.8, 4) is 0 Å². The minimum absolute atomic E-state index is 0.0251. The standard InChI is InChI=1S/C79H145N2O7P/c1-7-10-13-16-19-22-25-27-29-31-33-35-37-39-40-42-44-46-48-50-52-54-57-60-63-66-69-72-79(83)88-77(70-67-64-61-58-55-24-21-18-15-12-9-3)76(75-87-89(84,85)86-74-73-81(4,5)6)80-78(82)71-68-65-62-59-56-53-51-49-47-45-43-41-38-36-34-32-30-28-26-23-20-17-14-11-8-2/h19-20,22-23,27-30,34,36,41,43,67,70,76-77H,7-18,21,24-26,31-33,35,37-40,42,44-66,68-69,71-75H2,1-6H3,(H-,80,82,84,85)/b22-19-,23-20-,29-27-,30-28-,36-34-,43-41-,70-67+. The van der Waals surface area contributed by atoms with E-state index in [1.807, 2.05) is 33.3 Å². The first-order valence-electron chi connectivity index (χ1n) is 37.9. The minimum Gasteiger partial charge on any atom is -0.756 e. The molecule has 0 spiro atoms. The van der Waals surface area contributed by atoms with Crippen molar-refractivity contribution in [2.45, 2.75) is 367 Å². The van der Waals surface area contributed by atoms with Crippen molar-refractivity contribution < 1.29 is 37.3 Å². The summed E-state index contributed by atoms with van der Waals surface area (Å²) in [6, 6.07) is -0.895. The first-order chi connectivity index (χ1) is 43.4. The summed E-state index contributed by atoms with van der Waals surface area (Å²) in [6.07, 6.45) is 91.5. The van der Waals surface area contributed by atoms with Gasteiger partial charge in [0, 0.05) is 12.8 Å². The van der Waals surface area contributed by atoms with E-state index in [-0.39, 0.29) is 24.9 Å². The maximum atomic E-state index is 13.6. The van der Waals surface area contributed by atoms with Crippen molar-refractivity contribution in [1.82, 2.24) is 5.32 Å². The summed E-state index contributed by atoms with van der Waals surface area (Å²) in [5.74, 6) is -0.538. The predicted octanol–water partition coefficient (Wildman–Crippen LogP) is 23.8. The highest BCUT2D eigenvalue weighted by Crippen LogP contribution is 2.38. The fourth-order valence-electron chi connectivity index (χ4n) is 11.0. The van der Waals surface area contributed by atoms with Gasteiger partial charge in [-0.05, 0) is 109 Å². The van der Waals surface area contributed by atoms with Crippen LogP contribution in [0.4, 0.5) is 0 Å². The van der Waals surface area contributed by atoms with Gasteiger partial charge in [-0.25, -0.2) is 0 Å². The van der Waals surface area contributed by atoms with Crippen molar-refractivity contribution in [1.29, 1.82) is 0 Å². The molecule has 0 rings (SSSR count). The number of amides is 1. The number of rotatable bonds is 69. The Kier molecular flexibility index (Phi) is 65.9. The number of nitrogens with one attached hydrogen (secondary N) is 1. The van der Waals surface area contributed by atoms with E-state index in [0.29, 0.717) is 17.4 Å². The summed E-state index contributed by atoms with van der Waals surface area (Å²) in [6.45, 7) is 6.82. The number of likely N-dealkylation sites (N-methyl/N-ethyl adjacent to an activating group) is 1. The van der Waals surface area contributed by atoms with Crippen LogP contribution in [0.1, 0.15) is 355 Å². The zero-order valence-electron chi connectivity index (χ0n) is 59.4. The van der Waals surface area contributed by atoms with E-state index in [9.17, 15) is 19.0 Å². The van der Waals surface area contributed by atoms with Gasteiger partial charge in [0.05, 0.1) is 33.8 Å². The highest BCUT2D eigenvalue weighted by atomic mass is 31.2. The molecule has 89 heavy (non-hydrogen) atoms. The summed E-state index contributed by atoms with van der Waals surface area (Å²) in [4.78, 5) is 40.2. The summed E-state index contributed by atoms with van der Waals surface area (Å²) in [7, 11) is 1.18. The summed E-state index contributed by atoms with van der Waals surface area (Å²) in [5, 5.41) is 3.04. The molecule has 0 bridgehead atoms. The van der Waals surface area contributed by atoms with Gasteiger partial charge in [0.15, 0.2) is 0 Å². The highest BCUT2D eigenvalue weighted by molar-refractivity contribution is 7.45. The Labute approximate surface area is 552 Å². The van der Waals surface area contributed by atoms with Crippen LogP contribution in [0.5, 0.6) is 0 Å². The Morgan fingerprint density at radius 1 is 0.393 bits per heavy atom. The van der Waals surface area contributed by atoms with Gasteiger partial charge in [0.1, 0.15) is 19.3 Å². The lowest BCUT2D eigenvalue weighted by Crippen LogP contribution is -2.47. The smallest absolute Gasteiger partial charge is 0.306 e. The molecule has 0 aliphatic carbocycles. The molecule has 9 nitrogen and oxygen atoms in total. The number of allylic oxidation sites excluding steroid dienone is 13. The number of nitrogens with zero attached hydrogens (tertiary/aromatic N) is 1. The predicted molar refractivity (Wildman–Crippen MR) is 385 cm³/mol. The van der Waals surface area contributed by atoms with Crippen LogP contribution in [0, 0.1) is 0 Å². The molecular formula is C79H145N2O7P. The average molecular weight is 1270 g/mol. The molecule has 0 aliphatic heterocycles. The van der Waals surface area contributed by atoms with Crippen LogP contribution in [0.3, 0.4) is 0 Å². The fraction of sp³-hybridized carbons (Fsp3) is 0.797. The van der Waals surface area contributed by atoms with Crippen molar-refractivity contribution >= 4 is 19.7 Å². The average Bonchev–Trinajstić information content (AvgIpc) is 3.62. The normalized spacial score (nSPS) is 13.9. The molecule has 10 heteroatoms. The van der Waals surface area contributed by atoms with Gasteiger partial charge in [-0.2, -0.15) is 0 Å². The maximum absolute atomic E-state index is 13.6. The molecule has 0 radical (unpaired) electrons. The molecule has 1 amide bonds. The van der Waals surface area contributed by atoms with E-state index in [2.05, 4.69) is 99.0 Å². The number of esters is 1. The van der Waals surface area contributed by atoms with E-state index in [0.717, 1.165) is 96.3 Å². The third kappa shape index (κ3) is 69.4. The molecule has 0 heterocycles. The first kappa shape index (κ1) is 86.2. The topological polar surface area (TPSA) is 114 Å². The number of carbonyl (C=O) groups excluding carboxylic acids is 2. The second-order valence-corrected chi connectivity index (χ2v) is 28.2. The zero-order chi connectivity index (χ0) is 64.9. The number of unbranched alkanes of at least 4 members (excludes halogenated alkanes) is 41. The second-order valence-electron chi connectivity index (χ2n) is 26.8. The summed E-state index contributed by atoms with van der Waals surface area (Å²) >= 11 is 0. The van der Waals surface area contributed by atoms with Gasteiger partial charge in [-0.3, -0.25) is 14.2 Å². The van der Waals surface area contributed by atoms with Gasteiger partial charge in [-0.1, -0.05) is 318 Å². The van der Waals surface area contributed by atoms with Gasteiger partial charge in [-0.15, -0.1) is 0 Å². The van der Waals surface area contributed by atoms with E-state index >= 15 is 0 Å². The Balaban J connectivity index is 4.94. The van der Waals surface area contributed by atoms with Crippen molar-refractivity contribution in [3.05, 3.63) is 85.1 Å². The van der Waals surface area contributed by atoms with Crippen LogP contribution in [-0.2, 0) is 27.9 Å². The minimum atomic E-state index is -4.71. The lowest BCUT2D eigenvalue weighted by molar-refractivity contribution is -0.870. The molecule has 1 N–H and O–H groups in total. The molecule has 3 atom stereocenters. The zero-order valence-corrected chi connectivity index (χ0v) is 60.3. The number of phosphoric acid groups is 1. The quantitative estimate of drug-likeness (QED) is 0.0212. The molecular weight excluding hydrogens is 1120 g/mol. The third-order valence-electron chi connectivity index (χ3n) is 16.8. The van der Waals surface area contributed by atoms with Crippen LogP contribution in [0.2, 0.25) is 0 Å². The SMILES string of the molecule is CCCCC/C=C\C/C=C\C/C=C\C/C=C\CCCCCCCCCCCC(=O)NC(COP(=O)([O-])OCC[N+](C)(C)C)C(/C=C/CCCCCCCCCCC)OC(=O)CCCCCCCCCCCCCCCCCCC/C=C\C/C=C\CCCCC.